The zero-order valence-corrected chi connectivity index (χ0v) is 19.5. The number of nitrogens with zero attached hydrogens (tertiary/aromatic N) is 3. The third-order valence-electron chi connectivity index (χ3n) is 4.47. The highest BCUT2D eigenvalue weighted by atomic mass is 32.2. The number of carbonyl (C=O) groups is 4. The number of nitrogens with one attached hydrogen (secondary N) is 1. The van der Waals surface area contributed by atoms with E-state index in [1.54, 1.807) is 0 Å². The van der Waals surface area contributed by atoms with Crippen molar-refractivity contribution in [2.75, 3.05) is 12.3 Å². The summed E-state index contributed by atoms with van der Waals surface area (Å²) in [6.45, 7) is 4.33. The van der Waals surface area contributed by atoms with Gasteiger partial charge in [0.2, 0.25) is 0 Å². The average Bonchev–Trinajstić information content (AvgIpc) is 3.14. The molecule has 0 saturated carbocycles. The van der Waals surface area contributed by atoms with E-state index in [0.29, 0.717) is 11.2 Å². The fraction of sp³-hybridized carbons (Fsp3) is 0.526. The number of H-pyrrole nitrogens is 1. The number of aromatic nitrogens is 4. The third kappa shape index (κ3) is 6.11. The van der Waals surface area contributed by atoms with Crippen LogP contribution in [0.5, 0.6) is 0 Å². The Labute approximate surface area is 197 Å². The van der Waals surface area contributed by atoms with Crippen LogP contribution < -0.4 is 5.73 Å². The Bertz CT molecular complexity index is 1090. The first-order valence-corrected chi connectivity index (χ1v) is 10.9. The molecule has 1 aliphatic heterocycles. The van der Waals surface area contributed by atoms with Crippen LogP contribution in [0.15, 0.2) is 11.5 Å². The summed E-state index contributed by atoms with van der Waals surface area (Å²) in [5.74, 6) is -2.56. The van der Waals surface area contributed by atoms with E-state index in [2.05, 4.69) is 19.9 Å². The Balaban J connectivity index is 2.00. The molecule has 1 saturated heterocycles. The minimum absolute atomic E-state index is 0.172. The van der Waals surface area contributed by atoms with Gasteiger partial charge < -0.3 is 34.4 Å². The number of anilines is 1. The van der Waals surface area contributed by atoms with Gasteiger partial charge in [0.1, 0.15) is 24.6 Å². The van der Waals surface area contributed by atoms with Crippen LogP contribution in [0.2, 0.25) is 0 Å². The van der Waals surface area contributed by atoms with Gasteiger partial charge in [-0.2, -0.15) is 0 Å². The molecule has 0 radical (unpaired) electrons. The van der Waals surface area contributed by atoms with Gasteiger partial charge in [0.25, 0.3) is 0 Å². The Morgan fingerprint density at radius 1 is 0.971 bits per heavy atom. The van der Waals surface area contributed by atoms with Crippen LogP contribution in [-0.2, 0) is 42.9 Å². The average molecular weight is 497 g/mol. The Morgan fingerprint density at radius 2 is 1.59 bits per heavy atom. The summed E-state index contributed by atoms with van der Waals surface area (Å²) in [5.41, 5.74) is 5.49. The topological polar surface area (TPSA) is 195 Å². The molecule has 2 aromatic heterocycles. The summed E-state index contributed by atoms with van der Waals surface area (Å²) in [6, 6.07) is 0. The van der Waals surface area contributed by atoms with E-state index in [1.165, 1.54) is 13.3 Å². The van der Waals surface area contributed by atoms with E-state index in [9.17, 15) is 19.2 Å². The van der Waals surface area contributed by atoms with E-state index in [1.807, 2.05) is 0 Å². The third-order valence-corrected chi connectivity index (χ3v) is 5.50. The molecule has 184 valence electrons. The quantitative estimate of drug-likeness (QED) is 0.386. The van der Waals surface area contributed by atoms with Gasteiger partial charge in [-0.3, -0.25) is 19.2 Å². The van der Waals surface area contributed by atoms with Crippen molar-refractivity contribution in [1.82, 2.24) is 19.9 Å². The maximum Gasteiger partial charge on any atom is 0.303 e. The number of rotatable bonds is 7. The van der Waals surface area contributed by atoms with E-state index in [0.717, 1.165) is 32.5 Å². The molecule has 1 aliphatic rings. The van der Waals surface area contributed by atoms with Crippen molar-refractivity contribution in [2.45, 2.75) is 62.7 Å². The van der Waals surface area contributed by atoms with E-state index in [-0.39, 0.29) is 17.6 Å². The lowest BCUT2D eigenvalue weighted by Gasteiger charge is -2.43. The molecule has 15 heteroatoms. The maximum absolute atomic E-state index is 11.9. The van der Waals surface area contributed by atoms with Crippen LogP contribution in [-0.4, -0.2) is 80.3 Å². The van der Waals surface area contributed by atoms with Crippen LogP contribution in [0.3, 0.4) is 0 Å². The molecule has 5 atom stereocenters. The van der Waals surface area contributed by atoms with Crippen LogP contribution >= 0.6 is 11.8 Å². The number of hydrogen-bond acceptors (Lipinski definition) is 14. The number of hydrogen-bond donors (Lipinski definition) is 2. The maximum atomic E-state index is 11.9. The second-order valence-corrected chi connectivity index (χ2v) is 8.27. The Hall–Kier alpha value is -3.46. The first-order valence-electron chi connectivity index (χ1n) is 9.98. The standard InChI is InChI=1S/C19H23N5O9S/c1-7(25)29-5-11-13(30-8(2)26)14(31-9(3)27)15(32-10(4)28)18(33-11)34-19-23-12-16(20)21-6-22-17(12)24-19/h6,11,13-15,18H,5H2,1-4H3,(H3,20,21,22,23,24)/t11-,13-,14+,15+,18+/m1/s1. The molecule has 3 heterocycles. The van der Waals surface area contributed by atoms with Crippen LogP contribution in [0.1, 0.15) is 27.7 Å². The molecule has 0 unspecified atom stereocenters. The van der Waals surface area contributed by atoms with Crippen molar-refractivity contribution in [3.8, 4) is 0 Å². The zero-order chi connectivity index (χ0) is 25.0. The Kier molecular flexibility index (Phi) is 7.88. The molecule has 14 nitrogen and oxygen atoms in total. The van der Waals surface area contributed by atoms with Gasteiger partial charge in [-0.05, 0) is 0 Å². The number of thioether (sulfide) groups is 1. The Morgan fingerprint density at radius 3 is 2.18 bits per heavy atom. The predicted molar refractivity (Wildman–Crippen MR) is 114 cm³/mol. The summed E-state index contributed by atoms with van der Waals surface area (Å²) in [5, 5.41) is 0.281. The van der Waals surface area contributed by atoms with Gasteiger partial charge in [-0.25, -0.2) is 15.0 Å². The fourth-order valence-electron chi connectivity index (χ4n) is 3.27. The van der Waals surface area contributed by atoms with Crippen molar-refractivity contribution in [3.63, 3.8) is 0 Å². The second-order valence-electron chi connectivity index (χ2n) is 7.18. The number of nitrogen functional groups attached to an aromatic ring is 1. The summed E-state index contributed by atoms with van der Waals surface area (Å²) < 4.78 is 27.2. The lowest BCUT2D eigenvalue weighted by molar-refractivity contribution is -0.237. The largest absolute Gasteiger partial charge is 0.463 e. The minimum atomic E-state index is -1.27. The van der Waals surface area contributed by atoms with Gasteiger partial charge in [-0.15, -0.1) is 0 Å². The second kappa shape index (κ2) is 10.6. The van der Waals surface area contributed by atoms with Gasteiger partial charge in [0, 0.05) is 27.7 Å². The lowest BCUT2D eigenvalue weighted by Crippen LogP contribution is -2.61. The van der Waals surface area contributed by atoms with Gasteiger partial charge in [-0.1, -0.05) is 11.8 Å². The van der Waals surface area contributed by atoms with Crippen LogP contribution in [0, 0.1) is 0 Å². The SMILES string of the molecule is CC(=O)OC[C@H]1O[C@@H](Sc2nc3ncnc(N)c3[nH]2)[C@@H](OC(C)=O)[C@@H](OC(C)=O)[C@@H]1OC(C)=O. The first kappa shape index (κ1) is 25.2. The predicted octanol–water partition coefficient (Wildman–Crippen LogP) is 0.110. The van der Waals surface area contributed by atoms with Crippen molar-refractivity contribution in [2.24, 2.45) is 0 Å². The van der Waals surface area contributed by atoms with Crippen LogP contribution in [0.25, 0.3) is 11.2 Å². The highest BCUT2D eigenvalue weighted by molar-refractivity contribution is 7.99. The fourth-order valence-corrected chi connectivity index (χ4v) is 4.34. The van der Waals surface area contributed by atoms with Crippen LogP contribution in [0.4, 0.5) is 5.82 Å². The summed E-state index contributed by atoms with van der Waals surface area (Å²) >= 11 is 0.977. The van der Waals surface area contributed by atoms with E-state index in [4.69, 9.17) is 29.4 Å². The van der Waals surface area contributed by atoms with E-state index < -0.39 is 53.7 Å². The summed E-state index contributed by atoms with van der Waals surface area (Å²) in [4.78, 5) is 62.1. The first-order chi connectivity index (χ1) is 16.0. The summed E-state index contributed by atoms with van der Waals surface area (Å²) in [6.07, 6.45) is -3.54. The van der Waals surface area contributed by atoms with Crippen molar-refractivity contribution in [3.05, 3.63) is 6.33 Å². The highest BCUT2D eigenvalue weighted by Crippen LogP contribution is 2.37. The number of ether oxygens (including phenoxy) is 5. The smallest absolute Gasteiger partial charge is 0.303 e. The van der Waals surface area contributed by atoms with Crippen molar-refractivity contribution < 1.29 is 42.9 Å². The number of nitrogens with two attached hydrogens (primary N) is 1. The van der Waals surface area contributed by atoms with E-state index >= 15 is 0 Å². The number of fused-ring (bicyclic) bond motifs is 1. The molecule has 0 spiro atoms. The van der Waals surface area contributed by atoms with Gasteiger partial charge in [0.15, 0.2) is 40.4 Å². The molecular formula is C19H23N5O9S. The van der Waals surface area contributed by atoms with Crippen molar-refractivity contribution in [1.29, 1.82) is 0 Å². The number of carbonyl (C=O) groups excluding carboxylic acids is 4. The lowest BCUT2D eigenvalue weighted by atomic mass is 9.99. The molecule has 1 fully saturated rings. The minimum Gasteiger partial charge on any atom is -0.463 e. The highest BCUT2D eigenvalue weighted by Gasteiger charge is 2.52. The molecular weight excluding hydrogens is 474 g/mol. The number of esters is 4. The number of imidazole rings is 1. The number of aromatic amines is 1. The molecule has 0 bridgehead atoms. The molecule has 0 aromatic carbocycles. The molecule has 0 amide bonds. The molecule has 3 rings (SSSR count). The molecule has 0 aliphatic carbocycles. The normalized spacial score (nSPS) is 24.3. The molecule has 2 aromatic rings. The molecule has 3 N–H and O–H groups in total. The van der Waals surface area contributed by atoms with Crippen molar-refractivity contribution >= 4 is 52.6 Å². The molecule has 34 heavy (non-hydrogen) atoms. The van der Waals surface area contributed by atoms with Gasteiger partial charge in [0.05, 0.1) is 0 Å². The monoisotopic (exact) mass is 497 g/mol. The zero-order valence-electron chi connectivity index (χ0n) is 18.7. The summed E-state index contributed by atoms with van der Waals surface area (Å²) in [7, 11) is 0. The van der Waals surface area contributed by atoms with Gasteiger partial charge >= 0.3 is 23.9 Å².